The zero-order chi connectivity index (χ0) is 26.1. The fourth-order valence-electron chi connectivity index (χ4n) is 5.61. The van der Waals surface area contributed by atoms with Crippen LogP contribution in [0.15, 0.2) is 119 Å². The van der Waals surface area contributed by atoms with Crippen molar-refractivity contribution in [3.8, 4) is 0 Å². The molecule has 3 heteroatoms. The van der Waals surface area contributed by atoms with Crippen molar-refractivity contribution in [3.05, 3.63) is 137 Å². The number of rotatable bonds is 6. The maximum atomic E-state index is 5.32. The molecule has 0 unspecified atom stereocenters. The molecular formula is C35H31N2P. The monoisotopic (exact) mass is 510 g/mol. The molecule has 0 amide bonds. The fraction of sp³-hybridized carbons (Fsp3) is 0.143. The largest absolute Gasteiger partial charge is 0.282 e. The highest BCUT2D eigenvalue weighted by atomic mass is 31.1. The Morgan fingerprint density at radius 3 is 1.74 bits per heavy atom. The van der Waals surface area contributed by atoms with Crippen LogP contribution in [0.5, 0.6) is 0 Å². The lowest BCUT2D eigenvalue weighted by Gasteiger charge is -2.18. The van der Waals surface area contributed by atoms with Gasteiger partial charge in [0.15, 0.2) is 0 Å². The lowest BCUT2D eigenvalue weighted by molar-refractivity contribution is 1.14. The summed E-state index contributed by atoms with van der Waals surface area (Å²) in [5.74, 6) is 0. The summed E-state index contributed by atoms with van der Waals surface area (Å²) in [7, 11) is -0.497. The molecular weight excluding hydrogens is 479 g/mol. The fourth-order valence-corrected chi connectivity index (χ4v) is 7.79. The summed E-state index contributed by atoms with van der Waals surface area (Å²) in [6.45, 7) is 7.21. The number of benzene rings is 5. The lowest BCUT2D eigenvalue weighted by atomic mass is 10.0. The van der Waals surface area contributed by atoms with E-state index in [1.165, 1.54) is 49.2 Å². The first kappa shape index (κ1) is 24.5. The molecule has 0 saturated heterocycles. The van der Waals surface area contributed by atoms with Gasteiger partial charge in [-0.2, -0.15) is 0 Å². The van der Waals surface area contributed by atoms with Gasteiger partial charge in [0, 0.05) is 23.1 Å². The highest BCUT2D eigenvalue weighted by molar-refractivity contribution is 7.73. The van der Waals surface area contributed by atoms with Gasteiger partial charge in [0.1, 0.15) is 0 Å². The minimum absolute atomic E-state index is 0.497. The maximum absolute atomic E-state index is 5.32. The van der Waals surface area contributed by atoms with Gasteiger partial charge in [-0.05, 0) is 62.0 Å². The zero-order valence-electron chi connectivity index (χ0n) is 22.1. The molecule has 0 spiro atoms. The van der Waals surface area contributed by atoms with Gasteiger partial charge in [0.25, 0.3) is 0 Å². The van der Waals surface area contributed by atoms with Crippen molar-refractivity contribution in [2.75, 3.05) is 12.7 Å². The Kier molecular flexibility index (Phi) is 6.75. The molecule has 0 saturated carbocycles. The van der Waals surface area contributed by atoms with Crippen LogP contribution in [-0.2, 0) is 0 Å². The SMILES string of the molecule is Cc1cc(C)c(/N=C2/C(=N/CCP(c3ccccc3)c3ccccc3)c3cccc4cccc2c34)c(C)c1. The van der Waals surface area contributed by atoms with Crippen molar-refractivity contribution in [1.82, 2.24) is 0 Å². The van der Waals surface area contributed by atoms with Gasteiger partial charge >= 0.3 is 0 Å². The minimum atomic E-state index is -0.497. The van der Waals surface area contributed by atoms with Gasteiger partial charge in [0.05, 0.1) is 17.1 Å². The normalized spacial score (nSPS) is 14.7. The van der Waals surface area contributed by atoms with Crippen molar-refractivity contribution < 1.29 is 0 Å². The standard InChI is InChI=1S/C35H31N2P/c1-24-22-25(2)33(26(3)23-24)37-35-31-19-11-13-27-12-10-18-30(32(27)31)34(35)36-20-21-38(28-14-6-4-7-15-28)29-16-8-5-9-17-29/h4-19,22-23H,20-21H2,1-3H3/b36-34+,37-35+. The Hall–Kier alpha value is -3.87. The van der Waals surface area contributed by atoms with E-state index in [1.54, 1.807) is 0 Å². The molecule has 0 N–H and O–H groups in total. The summed E-state index contributed by atoms with van der Waals surface area (Å²) in [5.41, 5.74) is 9.13. The van der Waals surface area contributed by atoms with E-state index in [4.69, 9.17) is 9.98 Å². The van der Waals surface area contributed by atoms with Crippen LogP contribution >= 0.6 is 7.92 Å². The molecule has 0 aliphatic heterocycles. The zero-order valence-corrected chi connectivity index (χ0v) is 23.0. The molecule has 6 rings (SSSR count). The van der Waals surface area contributed by atoms with E-state index in [0.717, 1.165) is 29.8 Å². The molecule has 38 heavy (non-hydrogen) atoms. The average Bonchev–Trinajstić information content (AvgIpc) is 3.23. The van der Waals surface area contributed by atoms with Crippen LogP contribution < -0.4 is 10.6 Å². The van der Waals surface area contributed by atoms with E-state index < -0.39 is 7.92 Å². The summed E-state index contributed by atoms with van der Waals surface area (Å²) >= 11 is 0. The summed E-state index contributed by atoms with van der Waals surface area (Å²) in [6, 6.07) is 39.3. The predicted molar refractivity (Wildman–Crippen MR) is 166 cm³/mol. The van der Waals surface area contributed by atoms with Crippen molar-refractivity contribution >= 4 is 46.4 Å². The summed E-state index contributed by atoms with van der Waals surface area (Å²) < 4.78 is 0. The van der Waals surface area contributed by atoms with Crippen LogP contribution in [0.3, 0.4) is 0 Å². The van der Waals surface area contributed by atoms with Crippen LogP contribution in [0.25, 0.3) is 10.8 Å². The first-order valence-corrected chi connectivity index (χ1v) is 14.7. The van der Waals surface area contributed by atoms with E-state index in [2.05, 4.69) is 130 Å². The Morgan fingerprint density at radius 2 is 1.16 bits per heavy atom. The van der Waals surface area contributed by atoms with Crippen molar-refractivity contribution in [1.29, 1.82) is 0 Å². The molecule has 186 valence electrons. The average molecular weight is 511 g/mol. The van der Waals surface area contributed by atoms with Gasteiger partial charge in [-0.1, -0.05) is 115 Å². The van der Waals surface area contributed by atoms with Crippen LogP contribution in [0.2, 0.25) is 0 Å². The molecule has 0 aromatic heterocycles. The van der Waals surface area contributed by atoms with Gasteiger partial charge < -0.3 is 0 Å². The number of aryl methyl sites for hydroxylation is 3. The lowest BCUT2D eigenvalue weighted by Crippen LogP contribution is -2.17. The molecule has 5 aromatic carbocycles. The summed E-state index contributed by atoms with van der Waals surface area (Å²) in [6.07, 6.45) is 0.995. The molecule has 1 aliphatic carbocycles. The molecule has 0 fully saturated rings. The Bertz CT molecular complexity index is 1620. The molecule has 0 atom stereocenters. The number of nitrogens with zero attached hydrogens (tertiary/aromatic N) is 2. The number of hydrogen-bond donors (Lipinski definition) is 0. The quantitative estimate of drug-likeness (QED) is 0.208. The molecule has 1 aliphatic rings. The third-order valence-corrected chi connectivity index (χ3v) is 9.72. The highest BCUT2D eigenvalue weighted by Gasteiger charge is 2.27. The third-order valence-electron chi connectivity index (χ3n) is 7.23. The van der Waals surface area contributed by atoms with Crippen LogP contribution in [-0.4, -0.2) is 24.1 Å². The van der Waals surface area contributed by atoms with Crippen LogP contribution in [0.1, 0.15) is 27.8 Å². The van der Waals surface area contributed by atoms with E-state index in [1.807, 2.05) is 0 Å². The Labute approximate surface area is 226 Å². The van der Waals surface area contributed by atoms with Crippen LogP contribution in [0.4, 0.5) is 5.69 Å². The molecule has 2 nitrogen and oxygen atoms in total. The first-order chi connectivity index (χ1) is 18.6. The van der Waals surface area contributed by atoms with Crippen LogP contribution in [0, 0.1) is 20.8 Å². The second-order valence-electron chi connectivity index (χ2n) is 9.97. The number of hydrogen-bond acceptors (Lipinski definition) is 2. The van der Waals surface area contributed by atoms with E-state index >= 15 is 0 Å². The van der Waals surface area contributed by atoms with Gasteiger partial charge in [-0.15, -0.1) is 0 Å². The van der Waals surface area contributed by atoms with Crippen molar-refractivity contribution in [2.45, 2.75) is 20.8 Å². The molecule has 0 heterocycles. The topological polar surface area (TPSA) is 24.7 Å². The summed E-state index contributed by atoms with van der Waals surface area (Å²) in [4.78, 5) is 10.6. The van der Waals surface area contributed by atoms with Gasteiger partial charge in [-0.3, -0.25) is 4.99 Å². The molecule has 5 aromatic rings. The maximum Gasteiger partial charge on any atom is 0.0974 e. The van der Waals surface area contributed by atoms with E-state index in [0.29, 0.717) is 0 Å². The Morgan fingerprint density at radius 1 is 0.605 bits per heavy atom. The smallest absolute Gasteiger partial charge is 0.0974 e. The van der Waals surface area contributed by atoms with Crippen molar-refractivity contribution in [3.63, 3.8) is 0 Å². The summed E-state index contributed by atoms with van der Waals surface area (Å²) in [5, 5.41) is 5.30. The van der Waals surface area contributed by atoms with E-state index in [-0.39, 0.29) is 0 Å². The predicted octanol–water partition coefficient (Wildman–Crippen LogP) is 7.82. The Balaban J connectivity index is 1.43. The van der Waals surface area contributed by atoms with Crippen molar-refractivity contribution in [2.24, 2.45) is 9.98 Å². The second-order valence-corrected chi connectivity index (χ2v) is 12.3. The first-order valence-electron chi connectivity index (χ1n) is 13.2. The minimum Gasteiger partial charge on any atom is -0.282 e. The molecule has 0 bridgehead atoms. The molecule has 0 radical (unpaired) electrons. The highest BCUT2D eigenvalue weighted by Crippen LogP contribution is 2.36. The van der Waals surface area contributed by atoms with Gasteiger partial charge in [-0.25, -0.2) is 4.99 Å². The second kappa shape index (κ2) is 10.5. The van der Waals surface area contributed by atoms with Gasteiger partial charge in [0.2, 0.25) is 0 Å². The third kappa shape index (κ3) is 4.62. The number of aliphatic imine (C=N–C) groups is 2. The van der Waals surface area contributed by atoms with E-state index in [9.17, 15) is 0 Å².